The predicted octanol–water partition coefficient (Wildman–Crippen LogP) is 4.06. The van der Waals surface area contributed by atoms with Crippen LogP contribution < -0.4 is 10.6 Å². The minimum absolute atomic E-state index is 0. The van der Waals surface area contributed by atoms with Crippen molar-refractivity contribution >= 4 is 46.4 Å². The molecule has 1 aromatic carbocycles. The summed E-state index contributed by atoms with van der Waals surface area (Å²) < 4.78 is 0. The molecule has 24 heavy (non-hydrogen) atoms. The molecule has 2 N–H and O–H groups in total. The van der Waals surface area contributed by atoms with E-state index in [4.69, 9.17) is 11.6 Å². The highest BCUT2D eigenvalue weighted by atomic mass is 35.5. The van der Waals surface area contributed by atoms with Crippen molar-refractivity contribution in [3.63, 3.8) is 0 Å². The summed E-state index contributed by atoms with van der Waals surface area (Å²) in [6.45, 7) is 3.73. The molecule has 4 nitrogen and oxygen atoms in total. The number of hydrogen-bond donors (Lipinski definition) is 2. The zero-order valence-electron chi connectivity index (χ0n) is 13.5. The number of piperidine rings is 1. The van der Waals surface area contributed by atoms with E-state index in [1.165, 1.54) is 11.3 Å². The number of thiazole rings is 1. The number of carbonyl (C=O) groups is 1. The van der Waals surface area contributed by atoms with Crippen LogP contribution in [0.3, 0.4) is 0 Å². The molecule has 2 aromatic rings. The zero-order chi connectivity index (χ0) is 16.2. The summed E-state index contributed by atoms with van der Waals surface area (Å²) in [7, 11) is 0. The first-order valence-electron chi connectivity index (χ1n) is 7.85. The van der Waals surface area contributed by atoms with E-state index in [1.807, 2.05) is 31.2 Å². The molecule has 1 unspecified atom stereocenters. The average molecular weight is 386 g/mol. The maximum Gasteiger partial charge on any atom is 0.230 e. The monoisotopic (exact) mass is 385 g/mol. The average Bonchev–Trinajstić information content (AvgIpc) is 2.90. The maximum absolute atomic E-state index is 12.3. The Morgan fingerprint density at radius 2 is 2.25 bits per heavy atom. The molecule has 2 heterocycles. The fraction of sp³-hybridized carbons (Fsp3) is 0.412. The zero-order valence-corrected chi connectivity index (χ0v) is 15.9. The smallest absolute Gasteiger partial charge is 0.230 e. The molecule has 3 rings (SSSR count). The molecule has 7 heteroatoms. The van der Waals surface area contributed by atoms with Crippen molar-refractivity contribution in [1.29, 1.82) is 0 Å². The highest BCUT2D eigenvalue weighted by Crippen LogP contribution is 2.28. The lowest BCUT2D eigenvalue weighted by molar-refractivity contribution is -0.120. The lowest BCUT2D eigenvalue weighted by Crippen LogP contribution is -2.37. The van der Waals surface area contributed by atoms with E-state index in [0.717, 1.165) is 53.5 Å². The topological polar surface area (TPSA) is 54.0 Å². The van der Waals surface area contributed by atoms with Crippen molar-refractivity contribution in [2.45, 2.75) is 26.2 Å². The van der Waals surface area contributed by atoms with Crippen LogP contribution in [-0.4, -0.2) is 24.0 Å². The van der Waals surface area contributed by atoms with Crippen LogP contribution in [0.25, 0.3) is 0 Å². The van der Waals surface area contributed by atoms with Crippen molar-refractivity contribution in [2.24, 2.45) is 5.92 Å². The molecule has 1 atom stereocenters. The van der Waals surface area contributed by atoms with Gasteiger partial charge in [0.2, 0.25) is 5.91 Å². The number of aromatic nitrogens is 1. The number of benzene rings is 1. The van der Waals surface area contributed by atoms with E-state index in [1.54, 1.807) is 0 Å². The van der Waals surface area contributed by atoms with Gasteiger partial charge < -0.3 is 10.6 Å². The van der Waals surface area contributed by atoms with E-state index in [-0.39, 0.29) is 24.2 Å². The molecular weight excluding hydrogens is 365 g/mol. The van der Waals surface area contributed by atoms with Gasteiger partial charge in [0.1, 0.15) is 0 Å². The molecule has 1 aliphatic heterocycles. The van der Waals surface area contributed by atoms with Crippen molar-refractivity contribution < 1.29 is 4.79 Å². The second kappa shape index (κ2) is 8.81. The van der Waals surface area contributed by atoms with Crippen LogP contribution in [0.15, 0.2) is 24.3 Å². The summed E-state index contributed by atoms with van der Waals surface area (Å²) in [4.78, 5) is 17.9. The molecule has 1 fully saturated rings. The Balaban J connectivity index is 0.00000208. The second-order valence-corrected chi connectivity index (χ2v) is 7.32. The molecule has 0 aliphatic carbocycles. The third kappa shape index (κ3) is 4.70. The Morgan fingerprint density at radius 1 is 1.46 bits per heavy atom. The number of rotatable bonds is 4. The molecule has 1 saturated heterocycles. The standard InChI is InChI=1S/C17H20ClN3OS.ClH/c1-11-15(9-12-5-2-3-7-14(12)18)23-17(20-11)21-16(22)13-6-4-8-19-10-13;/h2-3,5,7,13,19H,4,6,8-10H2,1H3,(H,20,21,22);1H. The lowest BCUT2D eigenvalue weighted by Gasteiger charge is -2.21. The van der Waals surface area contributed by atoms with E-state index in [0.29, 0.717) is 5.13 Å². The van der Waals surface area contributed by atoms with Crippen LogP contribution in [-0.2, 0) is 11.2 Å². The minimum atomic E-state index is 0. The summed E-state index contributed by atoms with van der Waals surface area (Å²) in [6, 6.07) is 7.82. The van der Waals surface area contributed by atoms with E-state index in [9.17, 15) is 4.79 Å². The van der Waals surface area contributed by atoms with Gasteiger partial charge in [-0.3, -0.25) is 4.79 Å². The molecular formula is C17H21Cl2N3OS. The third-order valence-electron chi connectivity index (χ3n) is 4.10. The van der Waals surface area contributed by atoms with Crippen LogP contribution in [0, 0.1) is 12.8 Å². The number of hydrogen-bond acceptors (Lipinski definition) is 4. The number of nitrogens with one attached hydrogen (secondary N) is 2. The number of aryl methyl sites for hydroxylation is 1. The van der Waals surface area contributed by atoms with Gasteiger partial charge in [0.25, 0.3) is 0 Å². The van der Waals surface area contributed by atoms with Gasteiger partial charge in [-0.1, -0.05) is 29.8 Å². The van der Waals surface area contributed by atoms with Gasteiger partial charge in [0.05, 0.1) is 11.6 Å². The summed E-state index contributed by atoms with van der Waals surface area (Å²) in [6.07, 6.45) is 2.73. The van der Waals surface area contributed by atoms with Gasteiger partial charge in [0, 0.05) is 22.9 Å². The quantitative estimate of drug-likeness (QED) is 0.834. The Labute approximate surface area is 157 Å². The summed E-state index contributed by atoms with van der Waals surface area (Å²) in [5.41, 5.74) is 2.03. The van der Waals surface area contributed by atoms with Crippen molar-refractivity contribution in [3.05, 3.63) is 45.4 Å². The third-order valence-corrected chi connectivity index (χ3v) is 5.54. The first-order valence-corrected chi connectivity index (χ1v) is 9.04. The van der Waals surface area contributed by atoms with Crippen molar-refractivity contribution in [2.75, 3.05) is 18.4 Å². The normalized spacial score (nSPS) is 17.2. The summed E-state index contributed by atoms with van der Waals surface area (Å²) in [5, 5.41) is 7.68. The second-order valence-electron chi connectivity index (χ2n) is 5.83. The van der Waals surface area contributed by atoms with E-state index in [2.05, 4.69) is 15.6 Å². The Bertz CT molecular complexity index is 699. The molecule has 1 aliphatic rings. The molecule has 0 spiro atoms. The molecule has 1 aromatic heterocycles. The Kier molecular flexibility index (Phi) is 7.04. The fourth-order valence-electron chi connectivity index (χ4n) is 2.74. The number of anilines is 1. The fourth-order valence-corrected chi connectivity index (χ4v) is 3.93. The molecule has 1 amide bonds. The van der Waals surface area contributed by atoms with Crippen molar-refractivity contribution in [3.8, 4) is 0 Å². The van der Waals surface area contributed by atoms with Gasteiger partial charge in [0.15, 0.2) is 5.13 Å². The van der Waals surface area contributed by atoms with Gasteiger partial charge in [-0.2, -0.15) is 0 Å². The van der Waals surface area contributed by atoms with E-state index >= 15 is 0 Å². The first kappa shape index (κ1) is 19.2. The lowest BCUT2D eigenvalue weighted by atomic mass is 9.99. The molecule has 0 bridgehead atoms. The van der Waals surface area contributed by atoms with Gasteiger partial charge in [-0.15, -0.1) is 23.7 Å². The molecule has 130 valence electrons. The minimum Gasteiger partial charge on any atom is -0.316 e. The molecule has 0 saturated carbocycles. The van der Waals surface area contributed by atoms with Crippen molar-refractivity contribution in [1.82, 2.24) is 10.3 Å². The maximum atomic E-state index is 12.3. The van der Waals surface area contributed by atoms with Crippen LogP contribution in [0.5, 0.6) is 0 Å². The first-order chi connectivity index (χ1) is 11.1. The Hall–Kier alpha value is -1.14. The summed E-state index contributed by atoms with van der Waals surface area (Å²) >= 11 is 7.76. The highest BCUT2D eigenvalue weighted by molar-refractivity contribution is 7.15. The van der Waals surface area contributed by atoms with Crippen LogP contribution in [0.4, 0.5) is 5.13 Å². The van der Waals surface area contributed by atoms with Gasteiger partial charge >= 0.3 is 0 Å². The van der Waals surface area contributed by atoms with E-state index < -0.39 is 0 Å². The van der Waals surface area contributed by atoms with Gasteiger partial charge in [-0.25, -0.2) is 4.98 Å². The SMILES string of the molecule is Cc1nc(NC(=O)C2CCCNC2)sc1Cc1ccccc1Cl.Cl. The summed E-state index contributed by atoms with van der Waals surface area (Å²) in [5.74, 6) is 0.107. The number of nitrogens with zero attached hydrogens (tertiary/aromatic N) is 1. The Morgan fingerprint density at radius 3 is 2.96 bits per heavy atom. The highest BCUT2D eigenvalue weighted by Gasteiger charge is 2.22. The predicted molar refractivity (Wildman–Crippen MR) is 103 cm³/mol. The van der Waals surface area contributed by atoms with Gasteiger partial charge in [-0.05, 0) is 37.9 Å². The number of halogens is 2. The molecule has 0 radical (unpaired) electrons. The van der Waals surface area contributed by atoms with Crippen LogP contribution in [0.1, 0.15) is 29.0 Å². The van der Waals surface area contributed by atoms with Crippen LogP contribution in [0.2, 0.25) is 5.02 Å². The van der Waals surface area contributed by atoms with Crippen LogP contribution >= 0.6 is 35.3 Å². The number of amides is 1. The largest absolute Gasteiger partial charge is 0.316 e. The number of carbonyl (C=O) groups excluding carboxylic acids is 1.